The molecule has 0 bridgehead atoms. The molecule has 0 radical (unpaired) electrons. The maximum atomic E-state index is 3.14. The van der Waals surface area contributed by atoms with Crippen LogP contribution in [0, 0.1) is 0 Å². The van der Waals surface area contributed by atoms with Crippen LogP contribution in [0.3, 0.4) is 0 Å². The minimum atomic E-state index is 1.07. The first-order valence-electron chi connectivity index (χ1n) is 3.30. The molecule has 0 aromatic heterocycles. The molecule has 1 N–H and O–H groups in total. The Bertz CT molecular complexity index is 57.5. The number of rotatable bonds is 2. The van der Waals surface area contributed by atoms with Gasteiger partial charge in [-0.15, -0.1) is 0 Å². The number of nitrogens with zero attached hydrogens (tertiary/aromatic N) is 1. The monoisotopic (exact) mass is 114 g/mol. The molecule has 1 saturated heterocycles. The Labute approximate surface area is 50.9 Å². The van der Waals surface area contributed by atoms with Crippen molar-refractivity contribution in [3.8, 4) is 0 Å². The van der Waals surface area contributed by atoms with Gasteiger partial charge in [-0.1, -0.05) is 0 Å². The van der Waals surface area contributed by atoms with Gasteiger partial charge in [0.15, 0.2) is 0 Å². The van der Waals surface area contributed by atoms with E-state index in [0.29, 0.717) is 0 Å². The summed E-state index contributed by atoms with van der Waals surface area (Å²) in [6, 6.07) is 0. The zero-order valence-electron chi connectivity index (χ0n) is 5.48. The van der Waals surface area contributed by atoms with Crippen molar-refractivity contribution in [2.45, 2.75) is 12.8 Å². The number of hydrogen-bond acceptors (Lipinski definition) is 2. The lowest BCUT2D eigenvalue weighted by molar-refractivity contribution is 0.321. The molecule has 1 heterocycles. The molecule has 2 nitrogen and oxygen atoms in total. The Morgan fingerprint density at radius 3 is 2.50 bits per heavy atom. The van der Waals surface area contributed by atoms with Crippen molar-refractivity contribution in [2.75, 3.05) is 26.8 Å². The third-order valence-electron chi connectivity index (χ3n) is 1.58. The van der Waals surface area contributed by atoms with Crippen LogP contribution in [0.2, 0.25) is 0 Å². The molecule has 1 aliphatic rings. The van der Waals surface area contributed by atoms with Gasteiger partial charge in [0.2, 0.25) is 0 Å². The molecule has 0 atom stereocenters. The SMILES string of the molecule is CNCN1CCCC1. The number of likely N-dealkylation sites (tertiary alicyclic amines) is 1. The van der Waals surface area contributed by atoms with E-state index in [0.717, 1.165) is 6.67 Å². The molecule has 1 rings (SSSR count). The van der Waals surface area contributed by atoms with Gasteiger partial charge in [0, 0.05) is 6.67 Å². The highest BCUT2D eigenvalue weighted by Crippen LogP contribution is 2.04. The van der Waals surface area contributed by atoms with Crippen molar-refractivity contribution in [3.63, 3.8) is 0 Å². The largest absolute Gasteiger partial charge is 0.307 e. The number of nitrogens with one attached hydrogen (secondary N) is 1. The summed E-state index contributed by atoms with van der Waals surface area (Å²) in [7, 11) is 2.00. The highest BCUT2D eigenvalue weighted by Gasteiger charge is 2.08. The molecule has 0 saturated carbocycles. The first-order valence-corrected chi connectivity index (χ1v) is 3.30. The van der Waals surface area contributed by atoms with E-state index in [1.165, 1.54) is 25.9 Å². The van der Waals surface area contributed by atoms with Gasteiger partial charge >= 0.3 is 0 Å². The quantitative estimate of drug-likeness (QED) is 0.554. The van der Waals surface area contributed by atoms with Crippen LogP contribution in [0.15, 0.2) is 0 Å². The van der Waals surface area contributed by atoms with Gasteiger partial charge < -0.3 is 5.32 Å². The summed E-state index contributed by atoms with van der Waals surface area (Å²) in [5.41, 5.74) is 0. The van der Waals surface area contributed by atoms with Crippen molar-refractivity contribution < 1.29 is 0 Å². The van der Waals surface area contributed by atoms with Crippen LogP contribution < -0.4 is 5.32 Å². The lowest BCUT2D eigenvalue weighted by atomic mass is 10.4. The Morgan fingerprint density at radius 1 is 1.38 bits per heavy atom. The highest BCUT2D eigenvalue weighted by molar-refractivity contribution is 4.63. The van der Waals surface area contributed by atoms with Gasteiger partial charge in [-0.2, -0.15) is 0 Å². The summed E-state index contributed by atoms with van der Waals surface area (Å²) in [6.07, 6.45) is 2.78. The molecule has 0 aromatic rings. The normalized spacial score (nSPS) is 22.1. The Morgan fingerprint density at radius 2 is 2.00 bits per heavy atom. The maximum absolute atomic E-state index is 3.14. The van der Waals surface area contributed by atoms with Crippen molar-refractivity contribution in [1.82, 2.24) is 10.2 Å². The first kappa shape index (κ1) is 6.05. The van der Waals surface area contributed by atoms with Crippen LogP contribution in [0.1, 0.15) is 12.8 Å². The summed E-state index contributed by atoms with van der Waals surface area (Å²) in [5.74, 6) is 0. The predicted molar refractivity (Wildman–Crippen MR) is 34.7 cm³/mol. The van der Waals surface area contributed by atoms with Crippen molar-refractivity contribution in [1.29, 1.82) is 0 Å². The van der Waals surface area contributed by atoms with Crippen molar-refractivity contribution >= 4 is 0 Å². The zero-order chi connectivity index (χ0) is 5.82. The molecule has 48 valence electrons. The molecule has 0 unspecified atom stereocenters. The molecule has 1 aliphatic heterocycles. The molecule has 0 aromatic carbocycles. The smallest absolute Gasteiger partial charge is 0.0477 e. The Hall–Kier alpha value is -0.0800. The summed E-state index contributed by atoms with van der Waals surface area (Å²) in [6.45, 7) is 3.65. The molecule has 1 fully saturated rings. The second kappa shape index (κ2) is 3.05. The zero-order valence-corrected chi connectivity index (χ0v) is 5.48. The third kappa shape index (κ3) is 1.46. The topological polar surface area (TPSA) is 15.3 Å². The molecule has 0 spiro atoms. The van der Waals surface area contributed by atoms with Gasteiger partial charge in [-0.05, 0) is 33.0 Å². The third-order valence-corrected chi connectivity index (χ3v) is 1.58. The van der Waals surface area contributed by atoms with Gasteiger partial charge in [0.05, 0.1) is 0 Å². The summed E-state index contributed by atoms with van der Waals surface area (Å²) in [5, 5.41) is 3.14. The highest BCUT2D eigenvalue weighted by atomic mass is 15.2. The van der Waals surface area contributed by atoms with Crippen LogP contribution in [0.5, 0.6) is 0 Å². The second-order valence-corrected chi connectivity index (χ2v) is 2.34. The molecule has 8 heavy (non-hydrogen) atoms. The lowest BCUT2D eigenvalue weighted by Gasteiger charge is -2.11. The van der Waals surface area contributed by atoms with Gasteiger partial charge in [0.25, 0.3) is 0 Å². The van der Waals surface area contributed by atoms with Gasteiger partial charge in [-0.3, -0.25) is 4.90 Å². The average molecular weight is 114 g/mol. The van der Waals surface area contributed by atoms with Crippen LogP contribution in [-0.4, -0.2) is 31.7 Å². The van der Waals surface area contributed by atoms with Crippen molar-refractivity contribution in [2.24, 2.45) is 0 Å². The fourth-order valence-electron chi connectivity index (χ4n) is 1.16. The first-order chi connectivity index (χ1) is 3.93. The number of hydrogen-bond donors (Lipinski definition) is 1. The molecular formula is C6H14N2. The van der Waals surface area contributed by atoms with E-state index in [1.54, 1.807) is 0 Å². The lowest BCUT2D eigenvalue weighted by Crippen LogP contribution is -2.29. The standard InChI is InChI=1S/C6H14N2/c1-7-6-8-4-2-3-5-8/h7H,2-6H2,1H3. The minimum absolute atomic E-state index is 1.07. The van der Waals surface area contributed by atoms with E-state index in [-0.39, 0.29) is 0 Å². The van der Waals surface area contributed by atoms with Crippen LogP contribution in [-0.2, 0) is 0 Å². The molecule has 0 amide bonds. The van der Waals surface area contributed by atoms with E-state index in [9.17, 15) is 0 Å². The Balaban J connectivity index is 2.06. The van der Waals surface area contributed by atoms with E-state index < -0.39 is 0 Å². The minimum Gasteiger partial charge on any atom is -0.307 e. The Kier molecular flexibility index (Phi) is 2.30. The summed E-state index contributed by atoms with van der Waals surface area (Å²) in [4.78, 5) is 2.43. The summed E-state index contributed by atoms with van der Waals surface area (Å²) >= 11 is 0. The average Bonchev–Trinajstić information content (AvgIpc) is 2.19. The fraction of sp³-hybridized carbons (Fsp3) is 1.00. The van der Waals surface area contributed by atoms with Crippen LogP contribution in [0.4, 0.5) is 0 Å². The van der Waals surface area contributed by atoms with E-state index in [4.69, 9.17) is 0 Å². The maximum Gasteiger partial charge on any atom is 0.0477 e. The van der Waals surface area contributed by atoms with Gasteiger partial charge in [0.1, 0.15) is 0 Å². The molecular weight excluding hydrogens is 100 g/mol. The summed E-state index contributed by atoms with van der Waals surface area (Å²) < 4.78 is 0. The van der Waals surface area contributed by atoms with Crippen molar-refractivity contribution in [3.05, 3.63) is 0 Å². The second-order valence-electron chi connectivity index (χ2n) is 2.34. The van der Waals surface area contributed by atoms with Gasteiger partial charge in [-0.25, -0.2) is 0 Å². The van der Waals surface area contributed by atoms with E-state index in [2.05, 4.69) is 10.2 Å². The fourth-order valence-corrected chi connectivity index (χ4v) is 1.16. The van der Waals surface area contributed by atoms with E-state index >= 15 is 0 Å². The predicted octanol–water partition coefficient (Wildman–Crippen LogP) is 0.259. The molecule has 2 heteroatoms. The van der Waals surface area contributed by atoms with E-state index in [1.807, 2.05) is 7.05 Å². The van der Waals surface area contributed by atoms with Crippen LogP contribution in [0.25, 0.3) is 0 Å². The van der Waals surface area contributed by atoms with Crippen LogP contribution >= 0.6 is 0 Å². The molecule has 0 aliphatic carbocycles.